The standard InChI is InChI=1S/C20H23N3O4S/c1-23-11-17(15-7-8-21-19(15)20(23)24)16-10-13(6-9-22-28(25)26)4-5-18(16)27-12-14-2-3-14/h4-5,7-8,10-11,14,21-22H,2-3,6,9,12H2,1H3,(H,25,26)/p-1. The minimum Gasteiger partial charge on any atom is -0.760 e. The quantitative estimate of drug-likeness (QED) is 0.567. The number of nitrogens with zero attached hydrogens (tertiary/aromatic N) is 1. The summed E-state index contributed by atoms with van der Waals surface area (Å²) in [5.74, 6) is 1.40. The summed E-state index contributed by atoms with van der Waals surface area (Å²) in [6.07, 6.45) is 6.55. The van der Waals surface area contributed by atoms with Crippen LogP contribution in [0.3, 0.4) is 0 Å². The van der Waals surface area contributed by atoms with Crippen molar-refractivity contribution in [2.75, 3.05) is 13.2 Å². The van der Waals surface area contributed by atoms with Crippen LogP contribution < -0.4 is 15.0 Å². The van der Waals surface area contributed by atoms with E-state index in [1.807, 2.05) is 30.5 Å². The van der Waals surface area contributed by atoms with E-state index < -0.39 is 11.3 Å². The summed E-state index contributed by atoms with van der Waals surface area (Å²) in [5.41, 5.74) is 3.28. The highest BCUT2D eigenvalue weighted by Crippen LogP contribution is 2.37. The van der Waals surface area contributed by atoms with Crippen molar-refractivity contribution in [3.8, 4) is 16.9 Å². The Bertz CT molecular complexity index is 1080. The second-order valence-corrected chi connectivity index (χ2v) is 7.95. The van der Waals surface area contributed by atoms with Gasteiger partial charge in [0.15, 0.2) is 0 Å². The third kappa shape index (κ3) is 4.04. The normalized spacial score (nSPS) is 15.1. The van der Waals surface area contributed by atoms with Crippen molar-refractivity contribution in [3.05, 3.63) is 52.6 Å². The first kappa shape index (κ1) is 18.9. The number of fused-ring (bicyclic) bond motifs is 1. The molecule has 1 unspecified atom stereocenters. The number of rotatable bonds is 8. The molecule has 0 saturated heterocycles. The van der Waals surface area contributed by atoms with Crippen LogP contribution in [0.1, 0.15) is 18.4 Å². The maximum Gasteiger partial charge on any atom is 0.274 e. The molecule has 7 nitrogen and oxygen atoms in total. The Labute approximate surface area is 165 Å². The van der Waals surface area contributed by atoms with E-state index in [-0.39, 0.29) is 5.56 Å². The maximum absolute atomic E-state index is 12.4. The molecule has 1 aliphatic carbocycles. The molecule has 1 aliphatic rings. The van der Waals surface area contributed by atoms with Gasteiger partial charge in [0, 0.05) is 53.8 Å². The Hall–Kier alpha value is -2.42. The van der Waals surface area contributed by atoms with Gasteiger partial charge in [-0.1, -0.05) is 6.07 Å². The summed E-state index contributed by atoms with van der Waals surface area (Å²) in [6, 6.07) is 7.80. The highest BCUT2D eigenvalue weighted by atomic mass is 32.2. The summed E-state index contributed by atoms with van der Waals surface area (Å²) >= 11 is -2.27. The third-order valence-electron chi connectivity index (χ3n) is 5.03. The van der Waals surface area contributed by atoms with Gasteiger partial charge in [-0.05, 0) is 48.9 Å². The molecule has 0 amide bonds. The number of H-pyrrole nitrogens is 1. The molecule has 2 aromatic heterocycles. The summed E-state index contributed by atoms with van der Waals surface area (Å²) in [4.78, 5) is 15.4. The number of nitrogens with one attached hydrogen (secondary N) is 2. The minimum atomic E-state index is -2.27. The zero-order valence-electron chi connectivity index (χ0n) is 15.6. The van der Waals surface area contributed by atoms with Gasteiger partial charge in [-0.3, -0.25) is 9.00 Å². The van der Waals surface area contributed by atoms with E-state index in [1.165, 1.54) is 12.8 Å². The molecule has 8 heteroatoms. The van der Waals surface area contributed by atoms with E-state index in [9.17, 15) is 13.6 Å². The predicted molar refractivity (Wildman–Crippen MR) is 108 cm³/mol. The predicted octanol–water partition coefficient (Wildman–Crippen LogP) is 2.25. The van der Waals surface area contributed by atoms with E-state index in [1.54, 1.807) is 17.8 Å². The first-order valence-corrected chi connectivity index (χ1v) is 10.4. The molecule has 1 atom stereocenters. The fourth-order valence-electron chi connectivity index (χ4n) is 3.32. The Morgan fingerprint density at radius 3 is 2.89 bits per heavy atom. The van der Waals surface area contributed by atoms with Crippen LogP contribution in [0, 0.1) is 5.92 Å². The van der Waals surface area contributed by atoms with E-state index in [0.29, 0.717) is 31.0 Å². The largest absolute Gasteiger partial charge is 0.760 e. The monoisotopic (exact) mass is 400 g/mol. The van der Waals surface area contributed by atoms with E-state index in [4.69, 9.17) is 4.74 Å². The number of hydrogen-bond donors (Lipinski definition) is 2. The van der Waals surface area contributed by atoms with Crippen LogP contribution in [0.4, 0.5) is 0 Å². The topological polar surface area (TPSA) is 99.2 Å². The van der Waals surface area contributed by atoms with Crippen LogP contribution in [0.5, 0.6) is 5.75 Å². The Morgan fingerprint density at radius 1 is 1.32 bits per heavy atom. The van der Waals surface area contributed by atoms with Gasteiger partial charge >= 0.3 is 0 Å². The SMILES string of the molecule is Cn1cc(-c2cc(CCNS(=O)[O-])ccc2OCC2CC2)c2cc[nH]c2c1=O. The van der Waals surface area contributed by atoms with Crippen LogP contribution in [0.15, 0.2) is 41.5 Å². The van der Waals surface area contributed by atoms with Crippen molar-refractivity contribution in [1.82, 2.24) is 14.3 Å². The third-order valence-corrected chi connectivity index (χ3v) is 5.47. The molecule has 0 spiro atoms. The number of aromatic amines is 1. The molecule has 1 aromatic carbocycles. The van der Waals surface area contributed by atoms with Gasteiger partial charge in [0.25, 0.3) is 5.56 Å². The molecule has 3 aromatic rings. The number of aromatic nitrogens is 2. The van der Waals surface area contributed by atoms with Crippen LogP contribution >= 0.6 is 0 Å². The smallest absolute Gasteiger partial charge is 0.274 e. The molecule has 0 bridgehead atoms. The lowest BCUT2D eigenvalue weighted by Gasteiger charge is -2.15. The lowest BCUT2D eigenvalue weighted by molar-refractivity contribution is 0.301. The Morgan fingerprint density at radius 2 is 2.14 bits per heavy atom. The highest BCUT2D eigenvalue weighted by molar-refractivity contribution is 7.77. The van der Waals surface area contributed by atoms with Gasteiger partial charge < -0.3 is 18.8 Å². The summed E-state index contributed by atoms with van der Waals surface area (Å²) < 4.78 is 31.5. The van der Waals surface area contributed by atoms with E-state index in [0.717, 1.165) is 27.8 Å². The lowest BCUT2D eigenvalue weighted by Crippen LogP contribution is -2.19. The number of aryl methyl sites for hydroxylation is 1. The van der Waals surface area contributed by atoms with Gasteiger partial charge in [0.2, 0.25) is 0 Å². The molecular weight excluding hydrogens is 378 g/mol. The van der Waals surface area contributed by atoms with E-state index in [2.05, 4.69) is 9.71 Å². The molecule has 0 radical (unpaired) electrons. The van der Waals surface area contributed by atoms with Crippen LogP contribution in [0.2, 0.25) is 0 Å². The van der Waals surface area contributed by atoms with Crippen molar-refractivity contribution < 1.29 is 13.5 Å². The van der Waals surface area contributed by atoms with Crippen molar-refractivity contribution >= 4 is 22.2 Å². The van der Waals surface area contributed by atoms with Gasteiger partial charge in [-0.2, -0.15) is 0 Å². The van der Waals surface area contributed by atoms with Crippen molar-refractivity contribution in [1.29, 1.82) is 0 Å². The Kier molecular flexibility index (Phi) is 5.34. The molecule has 148 valence electrons. The number of hydrogen-bond acceptors (Lipinski definition) is 4. The molecule has 2 N–H and O–H groups in total. The van der Waals surface area contributed by atoms with Crippen LogP contribution in [-0.4, -0.2) is 31.5 Å². The fourth-order valence-corrected chi connectivity index (χ4v) is 3.59. The first-order valence-electron chi connectivity index (χ1n) is 9.28. The second kappa shape index (κ2) is 7.90. The maximum atomic E-state index is 12.4. The van der Waals surface area contributed by atoms with Gasteiger partial charge in [-0.25, -0.2) is 4.72 Å². The average Bonchev–Trinajstić information content (AvgIpc) is 3.37. The van der Waals surface area contributed by atoms with Crippen molar-refractivity contribution in [3.63, 3.8) is 0 Å². The molecule has 28 heavy (non-hydrogen) atoms. The summed E-state index contributed by atoms with van der Waals surface area (Å²) in [7, 11) is 1.73. The summed E-state index contributed by atoms with van der Waals surface area (Å²) in [5, 5.41) is 0.843. The van der Waals surface area contributed by atoms with Gasteiger partial charge in [0.1, 0.15) is 11.3 Å². The summed E-state index contributed by atoms with van der Waals surface area (Å²) in [6.45, 7) is 1.01. The van der Waals surface area contributed by atoms with Crippen molar-refractivity contribution in [2.24, 2.45) is 13.0 Å². The molecule has 1 fully saturated rings. The fraction of sp³-hybridized carbons (Fsp3) is 0.350. The molecule has 1 saturated carbocycles. The molecule has 0 aliphatic heterocycles. The van der Waals surface area contributed by atoms with Crippen LogP contribution in [0.25, 0.3) is 22.0 Å². The zero-order chi connectivity index (χ0) is 19.7. The van der Waals surface area contributed by atoms with E-state index >= 15 is 0 Å². The molecule has 2 heterocycles. The lowest BCUT2D eigenvalue weighted by atomic mass is 9.99. The highest BCUT2D eigenvalue weighted by Gasteiger charge is 2.23. The second-order valence-electron chi connectivity index (χ2n) is 7.19. The minimum absolute atomic E-state index is 0.0810. The molecular formula is C20H22N3O4S-. The number of pyridine rings is 1. The zero-order valence-corrected chi connectivity index (χ0v) is 16.4. The van der Waals surface area contributed by atoms with Gasteiger partial charge in [0.05, 0.1) is 6.61 Å². The number of ether oxygens (including phenoxy) is 1. The van der Waals surface area contributed by atoms with Gasteiger partial charge in [-0.15, -0.1) is 0 Å². The first-order chi connectivity index (χ1) is 13.5. The number of benzene rings is 1. The van der Waals surface area contributed by atoms with Crippen molar-refractivity contribution in [2.45, 2.75) is 19.3 Å². The Balaban J connectivity index is 1.75. The average molecular weight is 400 g/mol. The molecule has 4 rings (SSSR count). The van der Waals surface area contributed by atoms with Crippen LogP contribution in [-0.2, 0) is 24.7 Å².